The van der Waals surface area contributed by atoms with Gasteiger partial charge in [-0.2, -0.15) is 11.8 Å². The number of ether oxygens (including phenoxy) is 1. The molecule has 0 N–H and O–H groups in total. The van der Waals surface area contributed by atoms with Gasteiger partial charge in [-0.25, -0.2) is 0 Å². The molecule has 3 heteroatoms. The Morgan fingerprint density at radius 2 is 1.53 bits per heavy atom. The second-order valence-electron chi connectivity index (χ2n) is 5.16. The van der Waals surface area contributed by atoms with Gasteiger partial charge in [0.2, 0.25) is 0 Å². The normalized spacial score (nSPS) is 10.4. The third-order valence-electron chi connectivity index (χ3n) is 3.00. The lowest BCUT2D eigenvalue weighted by Crippen LogP contribution is -1.99. The average Bonchev–Trinajstić information content (AvgIpc) is 2.39. The van der Waals surface area contributed by atoms with Gasteiger partial charge in [0.15, 0.2) is 0 Å². The Balaban J connectivity index is 3.03. The number of thioether (sulfide) groups is 1. The molecule has 0 amide bonds. The van der Waals surface area contributed by atoms with E-state index in [0.717, 1.165) is 18.6 Å². The molecule has 0 saturated heterocycles. The highest BCUT2D eigenvalue weighted by molar-refractivity contribution is 7.99. The summed E-state index contributed by atoms with van der Waals surface area (Å²) >= 11 is 2.00. The predicted octanol–water partition coefficient (Wildman–Crippen LogP) is 4.98. The number of unbranched alkanes of at least 4 members (excludes halogenated alkanes) is 7. The van der Waals surface area contributed by atoms with E-state index in [1.54, 1.807) is 0 Å². The molecule has 0 aliphatic rings. The molecule has 0 rings (SSSR count). The molecule has 0 fully saturated rings. The van der Waals surface area contributed by atoms with Crippen LogP contribution in [-0.4, -0.2) is 24.6 Å². The zero-order valence-electron chi connectivity index (χ0n) is 12.7. The van der Waals surface area contributed by atoms with Crippen LogP contribution >= 0.6 is 11.8 Å². The van der Waals surface area contributed by atoms with Crippen molar-refractivity contribution >= 4 is 17.7 Å². The van der Waals surface area contributed by atoms with Gasteiger partial charge >= 0.3 is 5.97 Å². The maximum absolute atomic E-state index is 10.9. The van der Waals surface area contributed by atoms with E-state index in [9.17, 15) is 4.79 Å². The van der Waals surface area contributed by atoms with E-state index in [-0.39, 0.29) is 5.97 Å². The van der Waals surface area contributed by atoms with Crippen LogP contribution in [-0.2, 0) is 9.53 Å². The van der Waals surface area contributed by atoms with Crippen molar-refractivity contribution in [1.82, 2.24) is 0 Å². The molecular formula is C16H30O2S. The molecule has 112 valence electrons. The highest BCUT2D eigenvalue weighted by Crippen LogP contribution is 2.13. The fraction of sp³-hybridized carbons (Fsp3) is 0.812. The van der Waals surface area contributed by atoms with Crippen LogP contribution in [0, 0.1) is 0 Å². The van der Waals surface area contributed by atoms with E-state index in [0.29, 0.717) is 6.42 Å². The summed E-state index contributed by atoms with van der Waals surface area (Å²) in [7, 11) is 1.46. The smallest absolute Gasteiger partial charge is 0.305 e. The molecule has 0 aromatic heterocycles. The quantitative estimate of drug-likeness (QED) is 0.271. The summed E-state index contributed by atoms with van der Waals surface area (Å²) in [5.41, 5.74) is 1.27. The fourth-order valence-electron chi connectivity index (χ4n) is 1.88. The summed E-state index contributed by atoms with van der Waals surface area (Å²) in [6.07, 6.45) is 10.6. The van der Waals surface area contributed by atoms with E-state index >= 15 is 0 Å². The van der Waals surface area contributed by atoms with Crippen LogP contribution in [0.2, 0.25) is 0 Å². The van der Waals surface area contributed by atoms with Gasteiger partial charge in [-0.15, -0.1) is 0 Å². The van der Waals surface area contributed by atoms with Crippen LogP contribution in [0.25, 0.3) is 0 Å². The van der Waals surface area contributed by atoms with Gasteiger partial charge in [0, 0.05) is 12.2 Å². The molecular weight excluding hydrogens is 256 g/mol. The van der Waals surface area contributed by atoms with Gasteiger partial charge in [0.05, 0.1) is 7.11 Å². The van der Waals surface area contributed by atoms with Gasteiger partial charge in [0.1, 0.15) is 0 Å². The maximum Gasteiger partial charge on any atom is 0.305 e. The first kappa shape index (κ1) is 18.6. The van der Waals surface area contributed by atoms with Crippen molar-refractivity contribution in [2.75, 3.05) is 18.6 Å². The summed E-state index contributed by atoms with van der Waals surface area (Å²) in [6.45, 7) is 5.99. The Labute approximate surface area is 123 Å². The Kier molecular flexibility index (Phi) is 13.7. The molecule has 0 aromatic rings. The molecule has 0 spiro atoms. The number of hydrogen-bond acceptors (Lipinski definition) is 3. The van der Waals surface area contributed by atoms with Crippen LogP contribution in [0.15, 0.2) is 12.2 Å². The fourth-order valence-corrected chi connectivity index (χ4v) is 2.78. The Bertz CT molecular complexity index is 239. The molecule has 0 heterocycles. The Hall–Kier alpha value is -0.440. The van der Waals surface area contributed by atoms with Crippen molar-refractivity contribution in [3.8, 4) is 0 Å². The second-order valence-corrected chi connectivity index (χ2v) is 6.27. The number of rotatable bonds is 13. The lowest BCUT2D eigenvalue weighted by Gasteiger charge is -2.03. The molecule has 0 aliphatic heterocycles. The molecule has 0 bridgehead atoms. The van der Waals surface area contributed by atoms with Gasteiger partial charge in [-0.1, -0.05) is 50.7 Å². The van der Waals surface area contributed by atoms with Crippen molar-refractivity contribution in [3.05, 3.63) is 12.2 Å². The number of carbonyl (C=O) groups is 1. The number of hydrogen-bond donors (Lipinski definition) is 0. The molecule has 0 atom stereocenters. The van der Waals surface area contributed by atoms with Crippen LogP contribution < -0.4 is 0 Å². The lowest BCUT2D eigenvalue weighted by molar-refractivity contribution is -0.140. The van der Waals surface area contributed by atoms with Gasteiger partial charge in [-0.05, 0) is 25.5 Å². The topological polar surface area (TPSA) is 26.3 Å². The minimum Gasteiger partial charge on any atom is -0.469 e. The van der Waals surface area contributed by atoms with Crippen molar-refractivity contribution in [2.45, 2.75) is 64.7 Å². The highest BCUT2D eigenvalue weighted by Gasteiger charge is 1.99. The third kappa shape index (κ3) is 15.5. The standard InChI is InChI=1S/C16H30O2S/c1-15(2)14-19-13-11-9-7-5-4-6-8-10-12-16(17)18-3/h1,4-14H2,2-3H3. The van der Waals surface area contributed by atoms with Crippen LogP contribution in [0.1, 0.15) is 64.7 Å². The molecule has 0 aliphatic carbocycles. The van der Waals surface area contributed by atoms with Crippen molar-refractivity contribution in [1.29, 1.82) is 0 Å². The van der Waals surface area contributed by atoms with Crippen LogP contribution in [0.3, 0.4) is 0 Å². The first-order valence-corrected chi connectivity index (χ1v) is 8.61. The van der Waals surface area contributed by atoms with Gasteiger partial charge < -0.3 is 4.74 Å². The molecule has 2 nitrogen and oxygen atoms in total. The first-order chi connectivity index (χ1) is 9.16. The van der Waals surface area contributed by atoms with Crippen molar-refractivity contribution < 1.29 is 9.53 Å². The largest absolute Gasteiger partial charge is 0.469 e. The van der Waals surface area contributed by atoms with Crippen LogP contribution in [0.5, 0.6) is 0 Å². The predicted molar refractivity (Wildman–Crippen MR) is 85.7 cm³/mol. The van der Waals surface area contributed by atoms with Crippen molar-refractivity contribution in [2.24, 2.45) is 0 Å². The summed E-state index contributed by atoms with van der Waals surface area (Å²) < 4.78 is 4.61. The van der Waals surface area contributed by atoms with E-state index in [4.69, 9.17) is 0 Å². The number of methoxy groups -OCH3 is 1. The number of carbonyl (C=O) groups excluding carboxylic acids is 1. The number of esters is 1. The SMILES string of the molecule is C=C(C)CSCCCCCCCCCCC(=O)OC. The first-order valence-electron chi connectivity index (χ1n) is 7.45. The minimum absolute atomic E-state index is 0.0766. The third-order valence-corrected chi connectivity index (χ3v) is 4.27. The highest BCUT2D eigenvalue weighted by atomic mass is 32.2. The summed E-state index contributed by atoms with van der Waals surface area (Å²) in [5.74, 6) is 2.30. The molecule has 19 heavy (non-hydrogen) atoms. The Morgan fingerprint density at radius 3 is 2.05 bits per heavy atom. The van der Waals surface area contributed by atoms with E-state index in [1.807, 2.05) is 11.8 Å². The van der Waals surface area contributed by atoms with E-state index < -0.39 is 0 Å². The minimum atomic E-state index is -0.0766. The van der Waals surface area contributed by atoms with Gasteiger partial charge in [-0.3, -0.25) is 4.79 Å². The van der Waals surface area contributed by atoms with E-state index in [2.05, 4.69) is 18.2 Å². The second kappa shape index (κ2) is 14.0. The molecule has 0 saturated carbocycles. The molecule has 0 radical (unpaired) electrons. The average molecular weight is 286 g/mol. The lowest BCUT2D eigenvalue weighted by atomic mass is 10.1. The monoisotopic (exact) mass is 286 g/mol. The van der Waals surface area contributed by atoms with Crippen LogP contribution in [0.4, 0.5) is 0 Å². The maximum atomic E-state index is 10.9. The van der Waals surface area contributed by atoms with Crippen molar-refractivity contribution in [3.63, 3.8) is 0 Å². The zero-order valence-corrected chi connectivity index (χ0v) is 13.5. The summed E-state index contributed by atoms with van der Waals surface area (Å²) in [4.78, 5) is 10.9. The molecule has 0 unspecified atom stereocenters. The summed E-state index contributed by atoms with van der Waals surface area (Å²) in [6, 6.07) is 0. The Morgan fingerprint density at radius 1 is 1.00 bits per heavy atom. The zero-order chi connectivity index (χ0) is 14.3. The van der Waals surface area contributed by atoms with E-state index in [1.165, 1.54) is 57.0 Å². The molecule has 0 aromatic carbocycles. The van der Waals surface area contributed by atoms with Gasteiger partial charge in [0.25, 0.3) is 0 Å². The summed E-state index contributed by atoms with van der Waals surface area (Å²) in [5, 5.41) is 0.